The number of likely N-dealkylation sites (tertiary alicyclic amines) is 1. The van der Waals surface area contributed by atoms with Crippen molar-refractivity contribution in [3.8, 4) is 5.75 Å². The second-order valence-corrected chi connectivity index (χ2v) is 18.2. The van der Waals surface area contributed by atoms with Crippen LogP contribution in [0, 0.1) is 29.2 Å². The lowest BCUT2D eigenvalue weighted by atomic mass is 9.95. The van der Waals surface area contributed by atoms with Gasteiger partial charge in [0.25, 0.3) is 5.91 Å². The summed E-state index contributed by atoms with van der Waals surface area (Å²) in [5.74, 6) is -12.2. The maximum Gasteiger partial charge on any atom is 0.313 e. The molecule has 4 rings (SSSR count). The van der Waals surface area contributed by atoms with Gasteiger partial charge in [0.1, 0.15) is 5.84 Å². The van der Waals surface area contributed by atoms with Gasteiger partial charge in [0, 0.05) is 30.0 Å². The number of halogens is 4. The highest BCUT2D eigenvalue weighted by Gasteiger charge is 2.34. The smallest absolute Gasteiger partial charge is 0.313 e. The average molecular weight is 1090 g/mol. The Morgan fingerprint density at radius 3 is 1.55 bits per heavy atom. The summed E-state index contributed by atoms with van der Waals surface area (Å²) in [6, 6.07) is 2.00. The van der Waals surface area contributed by atoms with Gasteiger partial charge in [-0.3, -0.25) is 23.8 Å². The van der Waals surface area contributed by atoms with Gasteiger partial charge < -0.3 is 62.7 Å². The van der Waals surface area contributed by atoms with Crippen LogP contribution in [0.15, 0.2) is 21.5 Å². The summed E-state index contributed by atoms with van der Waals surface area (Å²) in [6.45, 7) is 9.56. The van der Waals surface area contributed by atoms with Gasteiger partial charge in [-0.25, -0.2) is 19.3 Å². The Balaban J connectivity index is 0.820. The molecule has 2 aliphatic rings. The van der Waals surface area contributed by atoms with E-state index in [1.165, 1.54) is 0 Å². The van der Waals surface area contributed by atoms with Crippen molar-refractivity contribution in [3.63, 3.8) is 0 Å². The monoisotopic (exact) mass is 1090 g/mol. The summed E-state index contributed by atoms with van der Waals surface area (Å²) in [4.78, 5) is 48.0. The molecule has 0 saturated carbocycles. The number of ether oxygens (including phenoxy) is 11. The van der Waals surface area contributed by atoms with E-state index in [0.29, 0.717) is 143 Å². The Morgan fingerprint density at radius 1 is 0.699 bits per heavy atom. The molecule has 0 aliphatic carbocycles. The number of nitrogens with two attached hydrogens (primary N) is 1. The van der Waals surface area contributed by atoms with E-state index in [1.54, 1.807) is 18.3 Å². The molecule has 1 aromatic heterocycles. The molecule has 1 aromatic carbocycles. The number of nitrogens with zero attached hydrogens (tertiary/aromatic N) is 2. The van der Waals surface area contributed by atoms with Crippen molar-refractivity contribution in [3.05, 3.63) is 44.7 Å². The number of carbonyl (C=O) groups excluding carboxylic acids is 3. The number of nitrogens with one attached hydrogen (secondary N) is 1. The fourth-order valence-corrected chi connectivity index (χ4v) is 8.31. The normalized spacial score (nSPS) is 13.9. The first-order valence-electron chi connectivity index (χ1n) is 23.4. The van der Waals surface area contributed by atoms with E-state index < -0.39 is 56.4 Å². The average Bonchev–Trinajstić information content (AvgIpc) is 3.63. The van der Waals surface area contributed by atoms with Crippen molar-refractivity contribution < 1.29 is 102 Å². The zero-order valence-corrected chi connectivity index (χ0v) is 42.1. The molecular weight excluding hydrogens is 1020 g/mol. The molecule has 0 atom stereocenters. The highest BCUT2D eigenvalue weighted by molar-refractivity contribution is 7.85. The number of amides is 2. The summed E-state index contributed by atoms with van der Waals surface area (Å²) in [7, 11) is -5.65. The third-order valence-corrected chi connectivity index (χ3v) is 12.0. The molecule has 22 nitrogen and oxygen atoms in total. The number of carbonyl (C=O) groups is 3. The molecule has 0 spiro atoms. The van der Waals surface area contributed by atoms with Gasteiger partial charge >= 0.3 is 16.1 Å². The third-order valence-electron chi connectivity index (χ3n) is 10.0. The zero-order valence-electron chi connectivity index (χ0n) is 40.5. The standard InChI is InChI=1S/C45H64F4N4O18S2/c1-2-70-52-45(56)32-26-35-34(51-36(50)27-32)28-33(72-35)25-31-29-53(30-31)37(54)3-5-60-7-9-62-11-13-64-15-17-66-19-21-68-23-24-69-22-20-67-18-16-65-14-12-63-10-8-61-6-4-38(55)71-43-39(46)41(48)44(73(57,58)59)42(49)40(43)47/h26,28,31H,2-25,27,29-30H2,1H3,(H2,50,51)(H,52,56)(H,57,58,59). The Kier molecular flexibility index (Phi) is 28.8. The Morgan fingerprint density at radius 2 is 1.12 bits per heavy atom. The lowest BCUT2D eigenvalue weighted by Crippen LogP contribution is -2.50. The van der Waals surface area contributed by atoms with Crippen molar-refractivity contribution in [2.45, 2.75) is 37.5 Å². The van der Waals surface area contributed by atoms with E-state index in [-0.39, 0.29) is 51.3 Å². The van der Waals surface area contributed by atoms with E-state index in [9.17, 15) is 40.4 Å². The highest BCUT2D eigenvalue weighted by atomic mass is 32.2. The molecule has 28 heteroatoms. The first-order valence-corrected chi connectivity index (χ1v) is 25.6. The van der Waals surface area contributed by atoms with E-state index in [4.69, 9.17) is 62.5 Å². The number of thiophene rings is 1. The molecule has 1 saturated heterocycles. The van der Waals surface area contributed by atoms with Crippen molar-refractivity contribution in [1.82, 2.24) is 10.4 Å². The van der Waals surface area contributed by atoms with E-state index in [2.05, 4.69) is 15.2 Å². The largest absolute Gasteiger partial charge is 0.420 e. The predicted molar refractivity (Wildman–Crippen MR) is 251 cm³/mol. The first-order chi connectivity index (χ1) is 35.2. The molecule has 0 radical (unpaired) electrons. The van der Waals surface area contributed by atoms with Crippen LogP contribution in [-0.4, -0.2) is 193 Å². The Bertz CT molecular complexity index is 2170. The molecular formula is C45H64F4N4O18S2. The fraction of sp³-hybridized carbons (Fsp3) is 0.644. The second kappa shape index (κ2) is 34.3. The number of rotatable bonds is 40. The van der Waals surface area contributed by atoms with Crippen LogP contribution in [0.2, 0.25) is 0 Å². The van der Waals surface area contributed by atoms with Crippen LogP contribution in [0.25, 0.3) is 6.08 Å². The number of hydrogen-bond acceptors (Lipinski definition) is 20. The molecule has 2 aliphatic heterocycles. The maximum absolute atomic E-state index is 14.0. The molecule has 3 heterocycles. The number of hydrogen-bond donors (Lipinski definition) is 3. The molecule has 412 valence electrons. The second-order valence-electron chi connectivity index (χ2n) is 15.6. The van der Waals surface area contributed by atoms with Crippen LogP contribution in [0.1, 0.15) is 35.9 Å². The van der Waals surface area contributed by atoms with Crippen LogP contribution in [0.3, 0.4) is 0 Å². The van der Waals surface area contributed by atoms with Gasteiger partial charge in [-0.15, -0.1) is 11.3 Å². The van der Waals surface area contributed by atoms with Crippen LogP contribution in [0.5, 0.6) is 5.75 Å². The summed E-state index contributed by atoms with van der Waals surface area (Å²) < 4.78 is 145. The van der Waals surface area contributed by atoms with Crippen LogP contribution in [-0.2, 0) is 83.1 Å². The number of esters is 1. The van der Waals surface area contributed by atoms with Crippen LogP contribution >= 0.6 is 11.3 Å². The number of amidine groups is 1. The third kappa shape index (κ3) is 23.0. The first kappa shape index (κ1) is 61.3. The van der Waals surface area contributed by atoms with Gasteiger partial charge in [0.2, 0.25) is 23.3 Å². The summed E-state index contributed by atoms with van der Waals surface area (Å²) in [5, 5.41) is 0. The summed E-state index contributed by atoms with van der Waals surface area (Å²) in [6.07, 6.45) is 2.59. The summed E-state index contributed by atoms with van der Waals surface area (Å²) in [5.41, 5.74) is 9.71. The minimum absolute atomic E-state index is 0.0193. The van der Waals surface area contributed by atoms with Crippen LogP contribution in [0.4, 0.5) is 23.2 Å². The van der Waals surface area contributed by atoms with E-state index in [1.807, 2.05) is 17.0 Å². The molecule has 73 heavy (non-hydrogen) atoms. The van der Waals surface area contributed by atoms with Crippen molar-refractivity contribution >= 4 is 56.8 Å². The van der Waals surface area contributed by atoms with Crippen molar-refractivity contribution in [1.29, 1.82) is 0 Å². The van der Waals surface area contributed by atoms with Gasteiger partial charge in [-0.05, 0) is 31.4 Å². The SMILES string of the molecule is CCONC(=O)C1=Cc2sc(CC3CN(C(=O)CCOCCOCCOCCOCCOCCOCCOCCOCCOCCOCCC(=O)Oc4c(F)c(F)c(S(=O)(=O)O)c(F)c4F)C3)cc2N=C(N)C1. The van der Waals surface area contributed by atoms with Gasteiger partial charge in [-0.2, -0.15) is 17.2 Å². The number of aliphatic imine (C=N–C) groups is 1. The lowest BCUT2D eigenvalue weighted by Gasteiger charge is -2.39. The predicted octanol–water partition coefficient (Wildman–Crippen LogP) is 2.95. The molecule has 2 amide bonds. The van der Waals surface area contributed by atoms with Crippen molar-refractivity contribution in [2.24, 2.45) is 16.6 Å². The van der Waals surface area contributed by atoms with E-state index >= 15 is 0 Å². The fourth-order valence-electron chi connectivity index (χ4n) is 6.50. The van der Waals surface area contributed by atoms with Crippen LogP contribution < -0.4 is 16.0 Å². The Labute approximate surface area is 424 Å². The molecule has 2 aromatic rings. The van der Waals surface area contributed by atoms with Gasteiger partial charge in [0.15, 0.2) is 16.5 Å². The molecule has 1 fully saturated rings. The maximum atomic E-state index is 14.0. The zero-order chi connectivity index (χ0) is 52.9. The molecule has 4 N–H and O–H groups in total. The number of benzene rings is 1. The number of hydroxylamine groups is 1. The minimum Gasteiger partial charge on any atom is -0.420 e. The lowest BCUT2D eigenvalue weighted by molar-refractivity contribution is -0.139. The number of fused-ring (bicyclic) bond motifs is 1. The molecule has 0 bridgehead atoms. The Hall–Kier alpha value is -4.27. The minimum atomic E-state index is -5.65. The van der Waals surface area contributed by atoms with Gasteiger partial charge in [-0.1, -0.05) is 0 Å². The van der Waals surface area contributed by atoms with Crippen molar-refractivity contribution in [2.75, 3.05) is 152 Å². The summed E-state index contributed by atoms with van der Waals surface area (Å²) >= 11 is 1.58. The molecule has 0 unspecified atom stereocenters. The quantitative estimate of drug-likeness (QED) is 0.0165. The highest BCUT2D eigenvalue weighted by Crippen LogP contribution is 2.37. The van der Waals surface area contributed by atoms with E-state index in [0.717, 1.165) is 21.9 Å². The van der Waals surface area contributed by atoms with Gasteiger partial charge in [0.05, 0.1) is 162 Å². The topological polar surface area (TPSA) is 270 Å².